The van der Waals surface area contributed by atoms with Gasteiger partial charge < -0.3 is 10.6 Å². The van der Waals surface area contributed by atoms with E-state index in [1.807, 2.05) is 18.2 Å². The van der Waals surface area contributed by atoms with Crippen LogP contribution in [0.15, 0.2) is 54.6 Å². The minimum atomic E-state index is 0.516. The van der Waals surface area contributed by atoms with Crippen molar-refractivity contribution in [3.05, 3.63) is 54.6 Å². The standard InChI is InChI=1S/C21H30N2/c1-4-8-17(2)11-12-18(3)22-20-13-15-21(16-14-20)23-19-9-6-5-7-10-19/h5-7,9-10,13-18,22-23H,4,8,11-12H2,1-3H3. The Morgan fingerprint density at radius 3 is 2.00 bits per heavy atom. The van der Waals surface area contributed by atoms with Crippen LogP contribution in [0, 0.1) is 5.92 Å². The third kappa shape index (κ3) is 6.35. The number of benzene rings is 2. The lowest BCUT2D eigenvalue weighted by atomic mass is 9.98. The van der Waals surface area contributed by atoms with E-state index in [-0.39, 0.29) is 0 Å². The Morgan fingerprint density at radius 1 is 0.739 bits per heavy atom. The smallest absolute Gasteiger partial charge is 0.0385 e. The van der Waals surface area contributed by atoms with Crippen LogP contribution in [-0.4, -0.2) is 6.04 Å². The normalized spacial score (nSPS) is 13.3. The van der Waals surface area contributed by atoms with Crippen LogP contribution < -0.4 is 10.6 Å². The second-order valence-electron chi connectivity index (χ2n) is 6.58. The van der Waals surface area contributed by atoms with Gasteiger partial charge in [0.1, 0.15) is 0 Å². The second-order valence-corrected chi connectivity index (χ2v) is 6.58. The molecule has 2 aromatic rings. The van der Waals surface area contributed by atoms with Gasteiger partial charge in [0.2, 0.25) is 0 Å². The van der Waals surface area contributed by atoms with Gasteiger partial charge in [-0.15, -0.1) is 0 Å². The topological polar surface area (TPSA) is 24.1 Å². The van der Waals surface area contributed by atoms with Crippen LogP contribution in [0.1, 0.15) is 46.5 Å². The summed E-state index contributed by atoms with van der Waals surface area (Å²) < 4.78 is 0. The zero-order valence-electron chi connectivity index (χ0n) is 14.7. The average Bonchev–Trinajstić information content (AvgIpc) is 2.56. The summed E-state index contributed by atoms with van der Waals surface area (Å²) in [4.78, 5) is 0. The van der Waals surface area contributed by atoms with Crippen LogP contribution in [0.5, 0.6) is 0 Å². The van der Waals surface area contributed by atoms with Crippen molar-refractivity contribution in [3.8, 4) is 0 Å². The lowest BCUT2D eigenvalue weighted by Crippen LogP contribution is -2.16. The Hall–Kier alpha value is -1.96. The van der Waals surface area contributed by atoms with Gasteiger partial charge in [0.05, 0.1) is 0 Å². The van der Waals surface area contributed by atoms with Gasteiger partial charge in [-0.05, 0) is 62.1 Å². The summed E-state index contributed by atoms with van der Waals surface area (Å²) in [5.41, 5.74) is 3.43. The largest absolute Gasteiger partial charge is 0.383 e. The molecule has 0 aliphatic carbocycles. The summed E-state index contributed by atoms with van der Waals surface area (Å²) in [5, 5.41) is 7.01. The van der Waals surface area contributed by atoms with Crippen molar-refractivity contribution in [1.82, 2.24) is 0 Å². The molecular formula is C21H30N2. The summed E-state index contributed by atoms with van der Waals surface area (Å²) in [6, 6.07) is 19.3. The number of rotatable bonds is 9. The molecule has 0 aromatic heterocycles. The van der Waals surface area contributed by atoms with E-state index in [4.69, 9.17) is 0 Å². The van der Waals surface area contributed by atoms with Crippen molar-refractivity contribution < 1.29 is 0 Å². The van der Waals surface area contributed by atoms with E-state index >= 15 is 0 Å². The van der Waals surface area contributed by atoms with Crippen molar-refractivity contribution in [3.63, 3.8) is 0 Å². The lowest BCUT2D eigenvalue weighted by molar-refractivity contribution is 0.455. The summed E-state index contributed by atoms with van der Waals surface area (Å²) >= 11 is 0. The summed E-state index contributed by atoms with van der Waals surface area (Å²) in [6.45, 7) is 6.90. The number of hydrogen-bond acceptors (Lipinski definition) is 2. The molecule has 23 heavy (non-hydrogen) atoms. The highest BCUT2D eigenvalue weighted by molar-refractivity contribution is 5.62. The van der Waals surface area contributed by atoms with Crippen LogP contribution in [0.4, 0.5) is 17.1 Å². The van der Waals surface area contributed by atoms with E-state index < -0.39 is 0 Å². The third-order valence-corrected chi connectivity index (χ3v) is 4.23. The molecule has 2 N–H and O–H groups in total. The van der Waals surface area contributed by atoms with E-state index in [0.29, 0.717) is 6.04 Å². The fraction of sp³-hybridized carbons (Fsp3) is 0.429. The number of nitrogens with one attached hydrogen (secondary N) is 2. The third-order valence-electron chi connectivity index (χ3n) is 4.23. The van der Waals surface area contributed by atoms with Gasteiger partial charge >= 0.3 is 0 Å². The Kier molecular flexibility index (Phi) is 6.99. The van der Waals surface area contributed by atoms with Gasteiger partial charge in [-0.1, -0.05) is 44.9 Å². The maximum absolute atomic E-state index is 3.60. The van der Waals surface area contributed by atoms with Crippen LogP contribution in [-0.2, 0) is 0 Å². The van der Waals surface area contributed by atoms with E-state index in [0.717, 1.165) is 17.3 Å². The summed E-state index contributed by atoms with van der Waals surface area (Å²) in [6.07, 6.45) is 5.16. The Morgan fingerprint density at radius 2 is 1.35 bits per heavy atom. The van der Waals surface area contributed by atoms with Crippen LogP contribution in [0.25, 0.3) is 0 Å². The van der Waals surface area contributed by atoms with Crippen molar-refractivity contribution in [2.45, 2.75) is 52.5 Å². The fourth-order valence-corrected chi connectivity index (χ4v) is 2.87. The molecule has 0 aliphatic heterocycles. The zero-order chi connectivity index (χ0) is 16.5. The van der Waals surface area contributed by atoms with Gasteiger partial charge in [-0.25, -0.2) is 0 Å². The minimum Gasteiger partial charge on any atom is -0.383 e. The molecule has 124 valence electrons. The monoisotopic (exact) mass is 310 g/mol. The molecule has 0 saturated carbocycles. The van der Waals surface area contributed by atoms with Crippen LogP contribution in [0.3, 0.4) is 0 Å². The van der Waals surface area contributed by atoms with Crippen molar-refractivity contribution >= 4 is 17.1 Å². The molecule has 2 unspecified atom stereocenters. The molecule has 2 heteroatoms. The highest BCUT2D eigenvalue weighted by atomic mass is 14.9. The molecule has 0 fully saturated rings. The highest BCUT2D eigenvalue weighted by Crippen LogP contribution is 2.20. The van der Waals surface area contributed by atoms with Crippen molar-refractivity contribution in [2.24, 2.45) is 5.92 Å². The highest BCUT2D eigenvalue weighted by Gasteiger charge is 2.06. The molecule has 2 atom stereocenters. The molecule has 2 nitrogen and oxygen atoms in total. The predicted octanol–water partition coefficient (Wildman–Crippen LogP) is 6.45. The molecule has 2 rings (SSSR count). The van der Waals surface area contributed by atoms with E-state index in [1.54, 1.807) is 0 Å². The first-order chi connectivity index (χ1) is 11.2. The molecule has 0 saturated heterocycles. The predicted molar refractivity (Wildman–Crippen MR) is 103 cm³/mol. The number of para-hydroxylation sites is 1. The Bertz CT molecular complexity index is 548. The molecule has 0 radical (unpaired) electrons. The lowest BCUT2D eigenvalue weighted by Gasteiger charge is -2.18. The molecule has 0 aliphatic rings. The molecule has 0 heterocycles. The van der Waals surface area contributed by atoms with E-state index in [9.17, 15) is 0 Å². The van der Waals surface area contributed by atoms with Crippen LogP contribution >= 0.6 is 0 Å². The molecular weight excluding hydrogens is 280 g/mol. The molecule has 2 aromatic carbocycles. The molecule has 0 amide bonds. The first kappa shape index (κ1) is 17.4. The Balaban J connectivity index is 1.80. The number of hydrogen-bond donors (Lipinski definition) is 2. The fourth-order valence-electron chi connectivity index (χ4n) is 2.87. The SMILES string of the molecule is CCCC(C)CCC(C)Nc1ccc(Nc2ccccc2)cc1. The number of anilines is 3. The zero-order valence-corrected chi connectivity index (χ0v) is 14.7. The first-order valence-corrected chi connectivity index (χ1v) is 8.86. The van der Waals surface area contributed by atoms with Gasteiger partial charge in [-0.2, -0.15) is 0 Å². The molecule has 0 bridgehead atoms. The second kappa shape index (κ2) is 9.24. The van der Waals surface area contributed by atoms with Crippen LogP contribution in [0.2, 0.25) is 0 Å². The van der Waals surface area contributed by atoms with Gasteiger partial charge in [0.15, 0.2) is 0 Å². The molecule has 0 spiro atoms. The van der Waals surface area contributed by atoms with Gasteiger partial charge in [0.25, 0.3) is 0 Å². The van der Waals surface area contributed by atoms with Gasteiger partial charge in [0, 0.05) is 23.1 Å². The maximum atomic E-state index is 3.60. The summed E-state index contributed by atoms with van der Waals surface area (Å²) in [5.74, 6) is 0.835. The summed E-state index contributed by atoms with van der Waals surface area (Å²) in [7, 11) is 0. The first-order valence-electron chi connectivity index (χ1n) is 8.86. The van der Waals surface area contributed by atoms with Gasteiger partial charge in [-0.3, -0.25) is 0 Å². The van der Waals surface area contributed by atoms with Crippen molar-refractivity contribution in [2.75, 3.05) is 10.6 Å². The van der Waals surface area contributed by atoms with E-state index in [1.165, 1.54) is 31.4 Å². The Labute approximate surface area is 141 Å². The van der Waals surface area contributed by atoms with E-state index in [2.05, 4.69) is 67.8 Å². The van der Waals surface area contributed by atoms with Crippen molar-refractivity contribution in [1.29, 1.82) is 0 Å². The average molecular weight is 310 g/mol. The maximum Gasteiger partial charge on any atom is 0.0385 e. The quantitative estimate of drug-likeness (QED) is 0.556. The minimum absolute atomic E-state index is 0.516.